The fourth-order valence-electron chi connectivity index (χ4n) is 2.61. The van der Waals surface area contributed by atoms with E-state index in [1.807, 2.05) is 6.92 Å². The zero-order valence-electron chi connectivity index (χ0n) is 10.9. The standard InChI is InChI=1S/C13H19FN2O2S/c1-9(10-4-2-3-5-10)16-19(17,18)13-7-11(14)6-12(15)8-13/h6-10,16H,2-5,15H2,1H3. The molecule has 6 heteroatoms. The molecule has 0 aromatic heterocycles. The Hall–Kier alpha value is -1.14. The summed E-state index contributed by atoms with van der Waals surface area (Å²) < 4.78 is 40.2. The van der Waals surface area contributed by atoms with Gasteiger partial charge in [-0.05, 0) is 43.9 Å². The maximum absolute atomic E-state index is 13.2. The molecule has 1 aromatic rings. The van der Waals surface area contributed by atoms with E-state index in [0.717, 1.165) is 37.8 Å². The summed E-state index contributed by atoms with van der Waals surface area (Å²) in [5, 5.41) is 0. The fraction of sp³-hybridized carbons (Fsp3) is 0.538. The minimum absolute atomic E-state index is 0.105. The Morgan fingerprint density at radius 3 is 2.53 bits per heavy atom. The van der Waals surface area contributed by atoms with Crippen molar-refractivity contribution in [1.29, 1.82) is 0 Å². The summed E-state index contributed by atoms with van der Waals surface area (Å²) in [6, 6.07) is 3.21. The van der Waals surface area contributed by atoms with Gasteiger partial charge in [-0.3, -0.25) is 0 Å². The highest BCUT2D eigenvalue weighted by molar-refractivity contribution is 7.89. The second kappa shape index (κ2) is 5.46. The molecule has 1 saturated carbocycles. The monoisotopic (exact) mass is 286 g/mol. The van der Waals surface area contributed by atoms with Crippen molar-refractivity contribution in [3.05, 3.63) is 24.0 Å². The maximum atomic E-state index is 13.2. The molecule has 2 rings (SSSR count). The Labute approximate surface area is 113 Å². The first-order chi connectivity index (χ1) is 8.88. The molecule has 0 heterocycles. The summed E-state index contributed by atoms with van der Waals surface area (Å²) in [5.41, 5.74) is 5.58. The van der Waals surface area contributed by atoms with Gasteiger partial charge in [0, 0.05) is 11.7 Å². The van der Waals surface area contributed by atoms with Crippen LogP contribution in [0.25, 0.3) is 0 Å². The first-order valence-corrected chi connectivity index (χ1v) is 7.95. The lowest BCUT2D eigenvalue weighted by atomic mass is 10.0. The maximum Gasteiger partial charge on any atom is 0.240 e. The third kappa shape index (κ3) is 3.45. The third-order valence-corrected chi connectivity index (χ3v) is 5.19. The molecule has 0 saturated heterocycles. The molecule has 0 bridgehead atoms. The van der Waals surface area contributed by atoms with Gasteiger partial charge in [-0.1, -0.05) is 12.8 Å². The highest BCUT2D eigenvalue weighted by Gasteiger charge is 2.26. The molecule has 3 N–H and O–H groups in total. The number of hydrogen-bond acceptors (Lipinski definition) is 3. The SMILES string of the molecule is CC(NS(=O)(=O)c1cc(N)cc(F)c1)C1CCCC1. The molecule has 1 atom stereocenters. The molecule has 1 aromatic carbocycles. The molecular weight excluding hydrogens is 267 g/mol. The van der Waals surface area contributed by atoms with E-state index in [1.165, 1.54) is 6.07 Å². The zero-order chi connectivity index (χ0) is 14.0. The van der Waals surface area contributed by atoms with E-state index in [2.05, 4.69) is 4.72 Å². The number of hydrogen-bond donors (Lipinski definition) is 2. The van der Waals surface area contributed by atoms with Crippen molar-refractivity contribution < 1.29 is 12.8 Å². The largest absolute Gasteiger partial charge is 0.399 e. The van der Waals surface area contributed by atoms with E-state index in [0.29, 0.717) is 5.92 Å². The van der Waals surface area contributed by atoms with Crippen LogP contribution in [-0.2, 0) is 10.0 Å². The van der Waals surface area contributed by atoms with Gasteiger partial charge in [0.15, 0.2) is 0 Å². The van der Waals surface area contributed by atoms with Crippen molar-refractivity contribution >= 4 is 15.7 Å². The normalized spacial score (nSPS) is 18.6. The van der Waals surface area contributed by atoms with Gasteiger partial charge in [0.25, 0.3) is 0 Å². The Bertz CT molecular complexity index is 534. The summed E-state index contributed by atoms with van der Waals surface area (Å²) in [6.07, 6.45) is 4.36. The zero-order valence-corrected chi connectivity index (χ0v) is 11.7. The molecular formula is C13H19FN2O2S. The number of nitrogens with one attached hydrogen (secondary N) is 1. The van der Waals surface area contributed by atoms with Gasteiger partial charge in [-0.2, -0.15) is 0 Å². The van der Waals surface area contributed by atoms with E-state index in [-0.39, 0.29) is 16.6 Å². The molecule has 106 valence electrons. The topological polar surface area (TPSA) is 72.2 Å². The minimum atomic E-state index is -3.71. The average molecular weight is 286 g/mol. The van der Waals surface area contributed by atoms with Crippen LogP contribution in [0, 0.1) is 11.7 Å². The van der Waals surface area contributed by atoms with Crippen LogP contribution in [0.2, 0.25) is 0 Å². The number of anilines is 1. The van der Waals surface area contributed by atoms with E-state index in [9.17, 15) is 12.8 Å². The number of nitrogens with two attached hydrogens (primary N) is 1. The average Bonchev–Trinajstić information content (AvgIpc) is 2.80. The number of benzene rings is 1. The predicted molar refractivity (Wildman–Crippen MR) is 72.6 cm³/mol. The van der Waals surface area contributed by atoms with E-state index in [1.54, 1.807) is 0 Å². The second-order valence-electron chi connectivity index (χ2n) is 5.17. The Morgan fingerprint density at radius 2 is 1.95 bits per heavy atom. The van der Waals surface area contributed by atoms with Gasteiger partial charge in [0.1, 0.15) is 5.82 Å². The van der Waals surface area contributed by atoms with Gasteiger partial charge in [0.05, 0.1) is 4.90 Å². The van der Waals surface area contributed by atoms with Crippen molar-refractivity contribution in [3.8, 4) is 0 Å². The second-order valence-corrected chi connectivity index (χ2v) is 6.89. The highest BCUT2D eigenvalue weighted by atomic mass is 32.2. The quantitative estimate of drug-likeness (QED) is 0.834. The van der Waals surface area contributed by atoms with Crippen LogP contribution < -0.4 is 10.5 Å². The number of sulfonamides is 1. The van der Waals surface area contributed by atoms with E-state index in [4.69, 9.17) is 5.73 Å². The smallest absolute Gasteiger partial charge is 0.240 e. The molecule has 4 nitrogen and oxygen atoms in total. The molecule has 1 aliphatic rings. The lowest BCUT2D eigenvalue weighted by Crippen LogP contribution is -2.37. The Balaban J connectivity index is 2.17. The van der Waals surface area contributed by atoms with Crippen molar-refractivity contribution in [2.75, 3.05) is 5.73 Å². The molecule has 0 amide bonds. The summed E-state index contributed by atoms with van der Waals surface area (Å²) in [5.74, 6) is -0.283. The van der Waals surface area contributed by atoms with Gasteiger partial charge >= 0.3 is 0 Å². The number of halogens is 1. The summed E-state index contributed by atoms with van der Waals surface area (Å²) in [7, 11) is -3.71. The Morgan fingerprint density at radius 1 is 1.32 bits per heavy atom. The van der Waals surface area contributed by atoms with Gasteiger partial charge in [0.2, 0.25) is 10.0 Å². The molecule has 19 heavy (non-hydrogen) atoms. The molecule has 0 aliphatic heterocycles. The van der Waals surface area contributed by atoms with Gasteiger partial charge in [-0.25, -0.2) is 17.5 Å². The van der Waals surface area contributed by atoms with Crippen LogP contribution in [0.4, 0.5) is 10.1 Å². The van der Waals surface area contributed by atoms with E-state index < -0.39 is 15.8 Å². The number of rotatable bonds is 4. The van der Waals surface area contributed by atoms with Crippen LogP contribution in [-0.4, -0.2) is 14.5 Å². The minimum Gasteiger partial charge on any atom is -0.399 e. The lowest BCUT2D eigenvalue weighted by molar-refractivity contribution is 0.424. The van der Waals surface area contributed by atoms with E-state index >= 15 is 0 Å². The Kier molecular flexibility index (Phi) is 4.10. The summed E-state index contributed by atoms with van der Waals surface area (Å²) >= 11 is 0. The third-order valence-electron chi connectivity index (χ3n) is 3.65. The van der Waals surface area contributed by atoms with Crippen molar-refractivity contribution in [2.45, 2.75) is 43.5 Å². The van der Waals surface area contributed by atoms with Crippen LogP contribution in [0.3, 0.4) is 0 Å². The lowest BCUT2D eigenvalue weighted by Gasteiger charge is -2.20. The number of nitrogen functional groups attached to an aromatic ring is 1. The van der Waals surface area contributed by atoms with Crippen molar-refractivity contribution in [3.63, 3.8) is 0 Å². The summed E-state index contributed by atoms with van der Waals surface area (Å²) in [4.78, 5) is -0.116. The van der Waals surface area contributed by atoms with Crippen LogP contribution in [0.15, 0.2) is 23.1 Å². The molecule has 0 spiro atoms. The molecule has 1 fully saturated rings. The fourth-order valence-corrected chi connectivity index (χ4v) is 3.98. The van der Waals surface area contributed by atoms with Gasteiger partial charge in [-0.15, -0.1) is 0 Å². The van der Waals surface area contributed by atoms with Crippen LogP contribution in [0.5, 0.6) is 0 Å². The highest BCUT2D eigenvalue weighted by Crippen LogP contribution is 2.28. The molecule has 0 radical (unpaired) electrons. The predicted octanol–water partition coefficient (Wildman–Crippen LogP) is 2.26. The van der Waals surface area contributed by atoms with Gasteiger partial charge < -0.3 is 5.73 Å². The first kappa shape index (κ1) is 14.3. The summed E-state index contributed by atoms with van der Waals surface area (Å²) in [6.45, 7) is 1.86. The molecule has 1 aliphatic carbocycles. The van der Waals surface area contributed by atoms with Crippen LogP contribution >= 0.6 is 0 Å². The first-order valence-electron chi connectivity index (χ1n) is 6.47. The molecule has 1 unspecified atom stereocenters. The van der Waals surface area contributed by atoms with Crippen molar-refractivity contribution in [1.82, 2.24) is 4.72 Å². The van der Waals surface area contributed by atoms with Crippen LogP contribution in [0.1, 0.15) is 32.6 Å². The van der Waals surface area contributed by atoms with Crippen molar-refractivity contribution in [2.24, 2.45) is 5.92 Å².